The molecule has 0 heterocycles. The van der Waals surface area contributed by atoms with Gasteiger partial charge in [-0.05, 0) is 12.0 Å². The molecule has 0 spiro atoms. The summed E-state index contributed by atoms with van der Waals surface area (Å²) in [5.74, 6) is 0.639. The minimum atomic E-state index is 0.136. The molecule has 1 rings (SSSR count). The van der Waals surface area contributed by atoms with Crippen molar-refractivity contribution in [3.05, 3.63) is 35.9 Å². The van der Waals surface area contributed by atoms with Crippen molar-refractivity contribution >= 4 is 5.78 Å². The Morgan fingerprint density at radius 3 is 2.21 bits per heavy atom. The lowest BCUT2D eigenvalue weighted by Gasteiger charge is -2.12. The number of hydrogen-bond acceptors (Lipinski definition) is 1. The Morgan fingerprint density at radius 2 is 1.71 bits per heavy atom. The van der Waals surface area contributed by atoms with Gasteiger partial charge in [0, 0.05) is 11.8 Å². The van der Waals surface area contributed by atoms with E-state index < -0.39 is 0 Å². The van der Waals surface area contributed by atoms with Gasteiger partial charge in [-0.15, -0.1) is 0 Å². The molecule has 0 saturated carbocycles. The van der Waals surface area contributed by atoms with Crippen molar-refractivity contribution in [2.75, 3.05) is 0 Å². The minimum Gasteiger partial charge on any atom is -0.299 e. The Balaban J connectivity index is 2.57. The number of Topliss-reactive ketones (excluding diaryl/α,β-unsaturated/α-hetero) is 1. The van der Waals surface area contributed by atoms with Crippen molar-refractivity contribution in [3.8, 4) is 0 Å². The standard InChI is InChI=1S/C13H18O/c1-10(2)13(14)11(3)9-12-7-5-4-6-8-12/h4-8,10-11H,9H2,1-3H3/t11-/m0/s1. The van der Waals surface area contributed by atoms with Crippen molar-refractivity contribution in [1.29, 1.82) is 0 Å². The van der Waals surface area contributed by atoms with E-state index >= 15 is 0 Å². The molecule has 0 bridgehead atoms. The Morgan fingerprint density at radius 1 is 1.14 bits per heavy atom. The van der Waals surface area contributed by atoms with Crippen molar-refractivity contribution in [3.63, 3.8) is 0 Å². The van der Waals surface area contributed by atoms with Gasteiger partial charge in [-0.1, -0.05) is 51.1 Å². The fraction of sp³-hybridized carbons (Fsp3) is 0.462. The molecule has 0 N–H and O–H groups in total. The first-order chi connectivity index (χ1) is 6.61. The van der Waals surface area contributed by atoms with E-state index in [0.29, 0.717) is 5.78 Å². The monoisotopic (exact) mass is 190 g/mol. The van der Waals surface area contributed by atoms with Crippen LogP contribution in [-0.2, 0) is 11.2 Å². The molecular formula is C13H18O. The Bertz CT molecular complexity index is 287. The van der Waals surface area contributed by atoms with Crippen LogP contribution in [0.1, 0.15) is 26.3 Å². The molecule has 1 atom stereocenters. The highest BCUT2D eigenvalue weighted by atomic mass is 16.1. The first-order valence-corrected chi connectivity index (χ1v) is 5.19. The van der Waals surface area contributed by atoms with Crippen LogP contribution in [0.15, 0.2) is 30.3 Å². The quantitative estimate of drug-likeness (QED) is 0.713. The lowest BCUT2D eigenvalue weighted by molar-refractivity contribution is -0.125. The maximum absolute atomic E-state index is 11.6. The van der Waals surface area contributed by atoms with E-state index in [2.05, 4.69) is 12.1 Å². The summed E-state index contributed by atoms with van der Waals surface area (Å²) in [6.45, 7) is 5.93. The molecule has 0 saturated heterocycles. The largest absolute Gasteiger partial charge is 0.299 e. The fourth-order valence-corrected chi connectivity index (χ4v) is 1.64. The minimum absolute atomic E-state index is 0.136. The van der Waals surface area contributed by atoms with Gasteiger partial charge >= 0.3 is 0 Å². The molecule has 14 heavy (non-hydrogen) atoms. The Labute approximate surface area is 86.1 Å². The highest BCUT2D eigenvalue weighted by molar-refractivity contribution is 5.82. The molecule has 0 radical (unpaired) electrons. The average molecular weight is 190 g/mol. The zero-order valence-electron chi connectivity index (χ0n) is 9.16. The topological polar surface area (TPSA) is 17.1 Å². The summed E-state index contributed by atoms with van der Waals surface area (Å²) >= 11 is 0. The van der Waals surface area contributed by atoms with E-state index in [4.69, 9.17) is 0 Å². The molecule has 76 valence electrons. The molecule has 0 fully saturated rings. The fourth-order valence-electron chi connectivity index (χ4n) is 1.64. The summed E-state index contributed by atoms with van der Waals surface area (Å²) in [4.78, 5) is 11.6. The number of benzene rings is 1. The van der Waals surface area contributed by atoms with Gasteiger partial charge in [-0.25, -0.2) is 0 Å². The van der Waals surface area contributed by atoms with Gasteiger partial charge in [-0.2, -0.15) is 0 Å². The predicted octanol–water partition coefficient (Wildman–Crippen LogP) is 3.09. The van der Waals surface area contributed by atoms with Crippen molar-refractivity contribution in [2.45, 2.75) is 27.2 Å². The number of ketones is 1. The summed E-state index contributed by atoms with van der Waals surface area (Å²) in [6.07, 6.45) is 0.859. The second kappa shape index (κ2) is 4.94. The van der Waals surface area contributed by atoms with E-state index in [1.807, 2.05) is 39.0 Å². The van der Waals surface area contributed by atoms with Crippen molar-refractivity contribution in [2.24, 2.45) is 11.8 Å². The van der Waals surface area contributed by atoms with Crippen molar-refractivity contribution < 1.29 is 4.79 Å². The van der Waals surface area contributed by atoms with Crippen LogP contribution in [0.5, 0.6) is 0 Å². The zero-order valence-corrected chi connectivity index (χ0v) is 9.16. The Kier molecular flexibility index (Phi) is 3.87. The number of carbonyl (C=O) groups excluding carboxylic acids is 1. The SMILES string of the molecule is CC(C)C(=O)[C@@H](C)Cc1ccccc1. The third-order valence-electron chi connectivity index (χ3n) is 2.44. The maximum atomic E-state index is 11.6. The Hall–Kier alpha value is -1.11. The first-order valence-electron chi connectivity index (χ1n) is 5.19. The summed E-state index contributed by atoms with van der Waals surface area (Å²) in [5.41, 5.74) is 1.24. The number of hydrogen-bond donors (Lipinski definition) is 0. The van der Waals surface area contributed by atoms with Crippen LogP contribution in [0, 0.1) is 11.8 Å². The molecule has 0 aromatic heterocycles. The summed E-state index contributed by atoms with van der Waals surface area (Å²) < 4.78 is 0. The van der Waals surface area contributed by atoms with Crippen LogP contribution in [0.4, 0.5) is 0 Å². The highest BCUT2D eigenvalue weighted by Gasteiger charge is 2.16. The summed E-state index contributed by atoms with van der Waals surface area (Å²) in [7, 11) is 0. The molecule has 1 aromatic rings. The van der Waals surface area contributed by atoms with Crippen molar-refractivity contribution in [1.82, 2.24) is 0 Å². The van der Waals surface area contributed by atoms with Gasteiger partial charge < -0.3 is 0 Å². The number of carbonyl (C=O) groups is 1. The van der Waals surface area contributed by atoms with Crippen LogP contribution in [0.25, 0.3) is 0 Å². The second-order valence-corrected chi connectivity index (χ2v) is 4.15. The van der Waals surface area contributed by atoms with E-state index in [1.165, 1.54) is 5.56 Å². The normalized spacial score (nSPS) is 12.9. The smallest absolute Gasteiger partial charge is 0.138 e. The predicted molar refractivity (Wildman–Crippen MR) is 59.2 cm³/mol. The van der Waals surface area contributed by atoms with Crippen LogP contribution in [-0.4, -0.2) is 5.78 Å². The average Bonchev–Trinajstić information content (AvgIpc) is 2.18. The van der Waals surface area contributed by atoms with E-state index in [-0.39, 0.29) is 11.8 Å². The molecule has 0 aliphatic carbocycles. The molecular weight excluding hydrogens is 172 g/mol. The van der Waals surface area contributed by atoms with E-state index in [0.717, 1.165) is 6.42 Å². The molecule has 1 heteroatoms. The van der Waals surface area contributed by atoms with Gasteiger partial charge in [-0.3, -0.25) is 4.79 Å². The van der Waals surface area contributed by atoms with Crippen LogP contribution in [0.3, 0.4) is 0 Å². The van der Waals surface area contributed by atoms with Crippen LogP contribution < -0.4 is 0 Å². The lowest BCUT2D eigenvalue weighted by atomic mass is 9.91. The van der Waals surface area contributed by atoms with Gasteiger partial charge in [0.2, 0.25) is 0 Å². The second-order valence-electron chi connectivity index (χ2n) is 4.15. The third kappa shape index (κ3) is 2.99. The zero-order chi connectivity index (χ0) is 10.6. The van der Waals surface area contributed by atoms with E-state index in [1.54, 1.807) is 0 Å². The summed E-state index contributed by atoms with van der Waals surface area (Å²) in [6, 6.07) is 10.2. The molecule has 0 aliphatic heterocycles. The summed E-state index contributed by atoms with van der Waals surface area (Å²) in [5, 5.41) is 0. The van der Waals surface area contributed by atoms with Gasteiger partial charge in [0.25, 0.3) is 0 Å². The van der Waals surface area contributed by atoms with Gasteiger partial charge in [0.1, 0.15) is 5.78 Å². The molecule has 0 aliphatic rings. The van der Waals surface area contributed by atoms with E-state index in [9.17, 15) is 4.79 Å². The molecule has 0 unspecified atom stereocenters. The number of rotatable bonds is 4. The lowest BCUT2D eigenvalue weighted by Crippen LogP contribution is -2.18. The third-order valence-corrected chi connectivity index (χ3v) is 2.44. The highest BCUT2D eigenvalue weighted by Crippen LogP contribution is 2.12. The molecule has 0 amide bonds. The van der Waals surface area contributed by atoms with Gasteiger partial charge in [0.15, 0.2) is 0 Å². The molecule has 1 nitrogen and oxygen atoms in total. The maximum Gasteiger partial charge on any atom is 0.138 e. The van der Waals surface area contributed by atoms with Gasteiger partial charge in [0.05, 0.1) is 0 Å². The molecule has 1 aromatic carbocycles. The first kappa shape index (κ1) is 11.0. The van der Waals surface area contributed by atoms with Crippen LogP contribution >= 0.6 is 0 Å². The van der Waals surface area contributed by atoms with Crippen LogP contribution in [0.2, 0.25) is 0 Å².